The second kappa shape index (κ2) is 7.64. The molecular weight excluding hydrogens is 380 g/mol. The molecule has 0 atom stereocenters. The van der Waals surface area contributed by atoms with Crippen molar-refractivity contribution in [3.63, 3.8) is 0 Å². The first-order valence-corrected chi connectivity index (χ1v) is 9.77. The molecule has 8 heteroatoms. The van der Waals surface area contributed by atoms with E-state index in [2.05, 4.69) is 20.3 Å². The van der Waals surface area contributed by atoms with Crippen molar-refractivity contribution < 1.29 is 9.53 Å². The molecular formula is C22H20N6O2. The van der Waals surface area contributed by atoms with Crippen LogP contribution >= 0.6 is 0 Å². The van der Waals surface area contributed by atoms with Crippen LogP contribution in [0.3, 0.4) is 0 Å². The van der Waals surface area contributed by atoms with Crippen molar-refractivity contribution in [1.29, 1.82) is 0 Å². The SMILES string of the molecule is Cc1cccc(-c2ncccc2-c2ccc3ncc(CC(=O)NC4COC4)n3n2)n1. The number of ether oxygens (including phenoxy) is 1. The summed E-state index contributed by atoms with van der Waals surface area (Å²) in [6.45, 7) is 3.09. The third-order valence-corrected chi connectivity index (χ3v) is 4.99. The molecule has 0 aromatic carbocycles. The highest BCUT2D eigenvalue weighted by atomic mass is 16.5. The first kappa shape index (κ1) is 18.4. The number of imidazole rings is 1. The zero-order valence-electron chi connectivity index (χ0n) is 16.4. The molecule has 5 rings (SSSR count). The third kappa shape index (κ3) is 3.53. The van der Waals surface area contributed by atoms with Crippen molar-refractivity contribution in [3.8, 4) is 22.6 Å². The van der Waals surface area contributed by atoms with Crippen LogP contribution in [0.15, 0.2) is 54.9 Å². The van der Waals surface area contributed by atoms with Gasteiger partial charge in [0.15, 0.2) is 5.65 Å². The number of nitrogens with zero attached hydrogens (tertiary/aromatic N) is 5. The van der Waals surface area contributed by atoms with E-state index in [4.69, 9.17) is 9.84 Å². The molecule has 0 radical (unpaired) electrons. The zero-order valence-corrected chi connectivity index (χ0v) is 16.4. The van der Waals surface area contributed by atoms with Gasteiger partial charge in [-0.1, -0.05) is 6.07 Å². The molecule has 4 aromatic heterocycles. The number of carbonyl (C=O) groups excluding carboxylic acids is 1. The Labute approximate surface area is 173 Å². The van der Waals surface area contributed by atoms with Crippen molar-refractivity contribution in [1.82, 2.24) is 29.9 Å². The molecule has 0 spiro atoms. The Kier molecular flexibility index (Phi) is 4.68. The summed E-state index contributed by atoms with van der Waals surface area (Å²) in [5.41, 5.74) is 5.50. The van der Waals surface area contributed by atoms with Gasteiger partial charge in [-0.2, -0.15) is 5.10 Å². The Morgan fingerprint density at radius 1 is 1.13 bits per heavy atom. The van der Waals surface area contributed by atoms with E-state index in [-0.39, 0.29) is 18.4 Å². The number of aromatic nitrogens is 5. The van der Waals surface area contributed by atoms with Crippen molar-refractivity contribution in [2.24, 2.45) is 0 Å². The lowest BCUT2D eigenvalue weighted by molar-refractivity contribution is -0.124. The van der Waals surface area contributed by atoms with Gasteiger partial charge in [0, 0.05) is 17.5 Å². The Morgan fingerprint density at radius 2 is 2.03 bits per heavy atom. The highest BCUT2D eigenvalue weighted by Crippen LogP contribution is 2.28. The minimum atomic E-state index is -0.0664. The van der Waals surface area contributed by atoms with Crippen LogP contribution in [-0.4, -0.2) is 49.7 Å². The summed E-state index contributed by atoms with van der Waals surface area (Å²) in [7, 11) is 0. The Morgan fingerprint density at radius 3 is 2.83 bits per heavy atom. The predicted molar refractivity (Wildman–Crippen MR) is 111 cm³/mol. The minimum absolute atomic E-state index is 0.0664. The van der Waals surface area contributed by atoms with Gasteiger partial charge in [-0.05, 0) is 43.3 Å². The van der Waals surface area contributed by atoms with Crippen LogP contribution in [0.1, 0.15) is 11.4 Å². The minimum Gasteiger partial charge on any atom is -0.377 e. The third-order valence-electron chi connectivity index (χ3n) is 4.99. The van der Waals surface area contributed by atoms with Gasteiger partial charge in [0.2, 0.25) is 5.91 Å². The molecule has 5 heterocycles. The van der Waals surface area contributed by atoms with Crippen LogP contribution in [0.5, 0.6) is 0 Å². The molecule has 1 aliphatic heterocycles. The molecule has 1 N–H and O–H groups in total. The fourth-order valence-corrected chi connectivity index (χ4v) is 3.44. The maximum absolute atomic E-state index is 12.3. The van der Waals surface area contributed by atoms with Crippen molar-refractivity contribution >= 4 is 11.6 Å². The van der Waals surface area contributed by atoms with Gasteiger partial charge in [0.1, 0.15) is 0 Å². The van der Waals surface area contributed by atoms with Crippen LogP contribution in [0, 0.1) is 6.92 Å². The number of fused-ring (bicyclic) bond motifs is 1. The molecule has 0 bridgehead atoms. The molecule has 1 amide bonds. The highest BCUT2D eigenvalue weighted by molar-refractivity contribution is 5.79. The van der Waals surface area contributed by atoms with E-state index in [1.807, 2.05) is 49.4 Å². The Balaban J connectivity index is 1.51. The lowest BCUT2D eigenvalue weighted by Crippen LogP contribution is -2.49. The van der Waals surface area contributed by atoms with Crippen LogP contribution < -0.4 is 5.32 Å². The summed E-state index contributed by atoms with van der Waals surface area (Å²) in [4.78, 5) is 25.9. The molecule has 8 nitrogen and oxygen atoms in total. The first-order chi connectivity index (χ1) is 14.7. The van der Waals surface area contributed by atoms with E-state index in [0.29, 0.717) is 18.9 Å². The standard InChI is InChI=1S/C22H20N6O2/c1-14-4-2-6-19(25-14)22-17(5-3-9-23-22)18-7-8-20-24-11-16(28(20)27-18)10-21(29)26-15-12-30-13-15/h2-9,11,15H,10,12-13H2,1H3,(H,26,29). The molecule has 1 fully saturated rings. The molecule has 150 valence electrons. The predicted octanol–water partition coefficient (Wildman–Crippen LogP) is 2.22. The normalized spacial score (nSPS) is 13.9. The average Bonchev–Trinajstić information content (AvgIpc) is 3.13. The molecule has 1 saturated heterocycles. The molecule has 1 aliphatic rings. The fraction of sp³-hybridized carbons (Fsp3) is 0.227. The van der Waals surface area contributed by atoms with Crippen molar-refractivity contribution in [3.05, 3.63) is 66.2 Å². The van der Waals surface area contributed by atoms with Crippen LogP contribution in [0.4, 0.5) is 0 Å². The van der Waals surface area contributed by atoms with E-state index >= 15 is 0 Å². The molecule has 0 aliphatic carbocycles. The van der Waals surface area contributed by atoms with Crippen molar-refractivity contribution in [2.75, 3.05) is 13.2 Å². The average molecular weight is 400 g/mol. The maximum atomic E-state index is 12.3. The number of aryl methyl sites for hydroxylation is 1. The van der Waals surface area contributed by atoms with Crippen LogP contribution in [0.2, 0.25) is 0 Å². The maximum Gasteiger partial charge on any atom is 0.226 e. The summed E-state index contributed by atoms with van der Waals surface area (Å²) >= 11 is 0. The number of carbonyl (C=O) groups is 1. The number of pyridine rings is 2. The van der Waals surface area contributed by atoms with Gasteiger partial charge in [0.25, 0.3) is 0 Å². The van der Waals surface area contributed by atoms with E-state index in [9.17, 15) is 4.79 Å². The summed E-state index contributed by atoms with van der Waals surface area (Å²) in [5.74, 6) is -0.0664. The van der Waals surface area contributed by atoms with E-state index in [1.165, 1.54) is 0 Å². The lowest BCUT2D eigenvalue weighted by Gasteiger charge is -2.26. The lowest BCUT2D eigenvalue weighted by atomic mass is 10.1. The number of rotatable bonds is 5. The second-order valence-corrected chi connectivity index (χ2v) is 7.28. The topological polar surface area (TPSA) is 94.3 Å². The second-order valence-electron chi connectivity index (χ2n) is 7.28. The summed E-state index contributed by atoms with van der Waals surface area (Å²) in [6, 6.07) is 13.6. The number of nitrogens with one attached hydrogen (secondary N) is 1. The zero-order chi connectivity index (χ0) is 20.5. The van der Waals surface area contributed by atoms with Gasteiger partial charge >= 0.3 is 0 Å². The monoisotopic (exact) mass is 400 g/mol. The number of amides is 1. The number of hydrogen-bond donors (Lipinski definition) is 1. The smallest absolute Gasteiger partial charge is 0.226 e. The summed E-state index contributed by atoms with van der Waals surface area (Å²) in [5, 5.41) is 7.71. The fourth-order valence-electron chi connectivity index (χ4n) is 3.44. The summed E-state index contributed by atoms with van der Waals surface area (Å²) < 4.78 is 6.82. The Hall–Kier alpha value is -3.65. The molecule has 4 aromatic rings. The Bertz CT molecular complexity index is 1230. The van der Waals surface area contributed by atoms with E-state index in [1.54, 1.807) is 16.9 Å². The van der Waals surface area contributed by atoms with Gasteiger partial charge in [0.05, 0.1) is 54.6 Å². The largest absolute Gasteiger partial charge is 0.377 e. The van der Waals surface area contributed by atoms with Gasteiger partial charge in [-0.15, -0.1) is 0 Å². The summed E-state index contributed by atoms with van der Waals surface area (Å²) in [6.07, 6.45) is 3.64. The van der Waals surface area contributed by atoms with Gasteiger partial charge in [-0.25, -0.2) is 9.50 Å². The highest BCUT2D eigenvalue weighted by Gasteiger charge is 2.21. The first-order valence-electron chi connectivity index (χ1n) is 9.77. The van der Waals surface area contributed by atoms with E-state index < -0.39 is 0 Å². The van der Waals surface area contributed by atoms with Crippen molar-refractivity contribution in [2.45, 2.75) is 19.4 Å². The quantitative estimate of drug-likeness (QED) is 0.552. The van der Waals surface area contributed by atoms with Gasteiger partial charge < -0.3 is 10.1 Å². The van der Waals surface area contributed by atoms with Gasteiger partial charge in [-0.3, -0.25) is 14.8 Å². The van der Waals surface area contributed by atoms with E-state index in [0.717, 1.165) is 34.0 Å². The molecule has 30 heavy (non-hydrogen) atoms. The number of hydrogen-bond acceptors (Lipinski definition) is 6. The van der Waals surface area contributed by atoms with Crippen LogP contribution in [-0.2, 0) is 16.0 Å². The van der Waals surface area contributed by atoms with Crippen LogP contribution in [0.25, 0.3) is 28.3 Å². The molecule has 0 unspecified atom stereocenters. The molecule has 0 saturated carbocycles.